The summed E-state index contributed by atoms with van der Waals surface area (Å²) in [6, 6.07) is 8.20. The van der Waals surface area contributed by atoms with Crippen molar-refractivity contribution in [1.29, 1.82) is 0 Å². The molecule has 0 saturated carbocycles. The summed E-state index contributed by atoms with van der Waals surface area (Å²) in [4.78, 5) is 1.22. The van der Waals surface area contributed by atoms with Gasteiger partial charge in [-0.2, -0.15) is 0 Å². The Balaban J connectivity index is 1.85. The summed E-state index contributed by atoms with van der Waals surface area (Å²) in [5.41, 5.74) is 2.07. The van der Waals surface area contributed by atoms with Crippen molar-refractivity contribution in [3.05, 3.63) is 41.7 Å². The summed E-state index contributed by atoms with van der Waals surface area (Å²) >= 11 is 1.68. The van der Waals surface area contributed by atoms with Crippen LogP contribution in [0.4, 0.5) is 0 Å². The third-order valence-electron chi connectivity index (χ3n) is 2.62. The summed E-state index contributed by atoms with van der Waals surface area (Å²) in [6.07, 6.45) is 1.99. The Bertz CT molecular complexity index is 512. The van der Waals surface area contributed by atoms with Gasteiger partial charge in [0.25, 0.3) is 0 Å². The average Bonchev–Trinajstić information content (AvgIpc) is 2.74. The normalized spacial score (nSPS) is 12.6. The largest absolute Gasteiger partial charge is 0.392 e. The Morgan fingerprint density at radius 3 is 2.83 bits per heavy atom. The number of aromatic nitrogens is 3. The highest BCUT2D eigenvalue weighted by molar-refractivity contribution is 7.99. The van der Waals surface area contributed by atoms with Gasteiger partial charge in [-0.05, 0) is 18.6 Å². The number of nitrogens with zero attached hydrogens (tertiary/aromatic N) is 3. The second-order valence-corrected chi connectivity index (χ2v) is 5.38. The summed E-state index contributed by atoms with van der Waals surface area (Å²) in [5, 5.41) is 17.8. The van der Waals surface area contributed by atoms with E-state index in [1.807, 2.05) is 25.4 Å². The molecule has 1 heterocycles. The maximum Gasteiger partial charge on any atom is 0.0853 e. The molecule has 0 spiro atoms. The second-order valence-electron chi connectivity index (χ2n) is 4.32. The molecule has 0 aliphatic rings. The van der Waals surface area contributed by atoms with Gasteiger partial charge in [0.1, 0.15) is 0 Å². The quantitative estimate of drug-likeness (QED) is 0.836. The van der Waals surface area contributed by atoms with E-state index in [4.69, 9.17) is 0 Å². The van der Waals surface area contributed by atoms with Gasteiger partial charge in [-0.25, -0.2) is 0 Å². The SMILES string of the molecule is Cc1ccccc1SCC(O)Cc1cn(C)nn1. The topological polar surface area (TPSA) is 50.9 Å². The van der Waals surface area contributed by atoms with Crippen molar-refractivity contribution in [1.82, 2.24) is 15.0 Å². The Labute approximate surface area is 111 Å². The Morgan fingerprint density at radius 1 is 1.39 bits per heavy atom. The molecular formula is C13H17N3OS. The van der Waals surface area contributed by atoms with Gasteiger partial charge in [-0.3, -0.25) is 4.68 Å². The molecular weight excluding hydrogens is 246 g/mol. The molecule has 1 unspecified atom stereocenters. The molecule has 0 bridgehead atoms. The second kappa shape index (κ2) is 6.02. The number of hydrogen-bond acceptors (Lipinski definition) is 4. The van der Waals surface area contributed by atoms with Gasteiger partial charge in [-0.1, -0.05) is 23.4 Å². The van der Waals surface area contributed by atoms with Crippen LogP contribution in [0.25, 0.3) is 0 Å². The lowest BCUT2D eigenvalue weighted by molar-refractivity contribution is 0.199. The van der Waals surface area contributed by atoms with Crippen molar-refractivity contribution in [2.75, 3.05) is 5.75 Å². The minimum atomic E-state index is -0.397. The zero-order valence-corrected chi connectivity index (χ0v) is 11.4. The van der Waals surface area contributed by atoms with Crippen molar-refractivity contribution in [3.8, 4) is 0 Å². The Morgan fingerprint density at radius 2 is 2.17 bits per heavy atom. The molecule has 1 aromatic carbocycles. The van der Waals surface area contributed by atoms with Gasteiger partial charge in [0.05, 0.1) is 11.8 Å². The predicted molar refractivity (Wildman–Crippen MR) is 72.6 cm³/mol. The summed E-state index contributed by atoms with van der Waals surface area (Å²) in [6.45, 7) is 2.08. The molecule has 0 aliphatic carbocycles. The zero-order valence-electron chi connectivity index (χ0n) is 10.6. The maximum atomic E-state index is 9.97. The number of thioether (sulfide) groups is 1. The highest BCUT2D eigenvalue weighted by Crippen LogP contribution is 2.22. The van der Waals surface area contributed by atoms with E-state index >= 15 is 0 Å². The fourth-order valence-corrected chi connectivity index (χ4v) is 2.65. The minimum absolute atomic E-state index is 0.397. The van der Waals surface area contributed by atoms with E-state index in [1.54, 1.807) is 16.4 Å². The maximum absolute atomic E-state index is 9.97. The van der Waals surface area contributed by atoms with Crippen LogP contribution in [0, 0.1) is 6.92 Å². The van der Waals surface area contributed by atoms with Crippen LogP contribution in [0.3, 0.4) is 0 Å². The third kappa shape index (κ3) is 3.58. The number of aryl methyl sites for hydroxylation is 2. The van der Waals surface area contributed by atoms with Gasteiger partial charge in [0.15, 0.2) is 0 Å². The number of benzene rings is 1. The van der Waals surface area contributed by atoms with Crippen molar-refractivity contribution < 1.29 is 5.11 Å². The van der Waals surface area contributed by atoms with Crippen molar-refractivity contribution in [2.24, 2.45) is 7.05 Å². The van der Waals surface area contributed by atoms with Crippen LogP contribution in [0.5, 0.6) is 0 Å². The molecule has 96 valence electrons. The molecule has 0 aliphatic heterocycles. The molecule has 2 aromatic rings. The lowest BCUT2D eigenvalue weighted by Gasteiger charge is -2.09. The van der Waals surface area contributed by atoms with E-state index in [2.05, 4.69) is 29.4 Å². The molecule has 1 atom stereocenters. The van der Waals surface area contributed by atoms with Crippen LogP contribution in [-0.2, 0) is 13.5 Å². The zero-order chi connectivity index (χ0) is 13.0. The number of hydrogen-bond donors (Lipinski definition) is 1. The van der Waals surface area contributed by atoms with E-state index in [1.165, 1.54) is 10.5 Å². The molecule has 4 nitrogen and oxygen atoms in total. The molecule has 0 saturated heterocycles. The minimum Gasteiger partial charge on any atom is -0.392 e. The molecule has 18 heavy (non-hydrogen) atoms. The summed E-state index contributed by atoms with van der Waals surface area (Å²) in [7, 11) is 1.82. The van der Waals surface area contributed by atoms with Gasteiger partial charge in [0.2, 0.25) is 0 Å². The van der Waals surface area contributed by atoms with E-state index in [0.29, 0.717) is 12.2 Å². The molecule has 0 fully saturated rings. The standard InChI is InChI=1S/C13H17N3OS/c1-10-5-3-4-6-13(10)18-9-12(17)7-11-8-16(2)15-14-11/h3-6,8,12,17H,7,9H2,1-2H3. The third-order valence-corrected chi connectivity index (χ3v) is 3.94. The van der Waals surface area contributed by atoms with Crippen molar-refractivity contribution in [2.45, 2.75) is 24.3 Å². The molecule has 2 rings (SSSR count). The van der Waals surface area contributed by atoms with Gasteiger partial charge >= 0.3 is 0 Å². The molecule has 0 amide bonds. The highest BCUT2D eigenvalue weighted by Gasteiger charge is 2.09. The van der Waals surface area contributed by atoms with Gasteiger partial charge in [0, 0.05) is 30.3 Å². The van der Waals surface area contributed by atoms with E-state index < -0.39 is 6.10 Å². The Kier molecular flexibility index (Phi) is 4.38. The molecule has 0 radical (unpaired) electrons. The molecule has 5 heteroatoms. The van der Waals surface area contributed by atoms with E-state index in [-0.39, 0.29) is 0 Å². The number of aliphatic hydroxyl groups excluding tert-OH is 1. The smallest absolute Gasteiger partial charge is 0.0853 e. The monoisotopic (exact) mass is 263 g/mol. The molecule has 1 aromatic heterocycles. The number of rotatable bonds is 5. The average molecular weight is 263 g/mol. The van der Waals surface area contributed by atoms with E-state index in [0.717, 1.165) is 5.69 Å². The summed E-state index contributed by atoms with van der Waals surface area (Å²) < 4.78 is 1.65. The predicted octanol–water partition coefficient (Wildman–Crippen LogP) is 1.82. The lowest BCUT2D eigenvalue weighted by Crippen LogP contribution is -2.13. The Hall–Kier alpha value is -1.33. The summed E-state index contributed by atoms with van der Waals surface area (Å²) in [5.74, 6) is 0.668. The van der Waals surface area contributed by atoms with Crippen LogP contribution in [0.15, 0.2) is 35.4 Å². The molecule has 1 N–H and O–H groups in total. The lowest BCUT2D eigenvalue weighted by atomic mass is 10.2. The van der Waals surface area contributed by atoms with Crippen LogP contribution in [0.2, 0.25) is 0 Å². The van der Waals surface area contributed by atoms with Crippen molar-refractivity contribution in [3.63, 3.8) is 0 Å². The van der Waals surface area contributed by atoms with Gasteiger partial charge in [-0.15, -0.1) is 16.9 Å². The van der Waals surface area contributed by atoms with Crippen molar-refractivity contribution >= 4 is 11.8 Å². The first-order chi connectivity index (χ1) is 8.65. The fraction of sp³-hybridized carbons (Fsp3) is 0.385. The van der Waals surface area contributed by atoms with Gasteiger partial charge < -0.3 is 5.11 Å². The van der Waals surface area contributed by atoms with Crippen LogP contribution >= 0.6 is 11.8 Å². The fourth-order valence-electron chi connectivity index (χ4n) is 1.69. The van der Waals surface area contributed by atoms with Crippen LogP contribution < -0.4 is 0 Å². The van der Waals surface area contributed by atoms with Crippen LogP contribution in [0.1, 0.15) is 11.3 Å². The number of aliphatic hydroxyl groups is 1. The van der Waals surface area contributed by atoms with E-state index in [9.17, 15) is 5.11 Å². The van der Waals surface area contributed by atoms with Crippen LogP contribution in [-0.4, -0.2) is 32.0 Å². The first kappa shape index (κ1) is 13.1. The highest BCUT2D eigenvalue weighted by atomic mass is 32.2. The first-order valence-corrected chi connectivity index (χ1v) is 6.85. The first-order valence-electron chi connectivity index (χ1n) is 5.87.